The fourth-order valence-electron chi connectivity index (χ4n) is 1.83. The van der Waals surface area contributed by atoms with E-state index in [0.29, 0.717) is 6.42 Å². The van der Waals surface area contributed by atoms with Crippen LogP contribution in [0.5, 0.6) is 0 Å². The van der Waals surface area contributed by atoms with Crippen LogP contribution in [0, 0.1) is 5.92 Å². The van der Waals surface area contributed by atoms with E-state index in [0.717, 1.165) is 12.8 Å². The Bertz CT molecular complexity index is 217. The van der Waals surface area contributed by atoms with E-state index >= 15 is 0 Å². The second kappa shape index (κ2) is 14.0. The second-order valence-electron chi connectivity index (χ2n) is 4.49. The molecular formula is C13H25KO4. The molecule has 0 saturated heterocycles. The third-order valence-corrected chi connectivity index (χ3v) is 2.94. The van der Waals surface area contributed by atoms with E-state index in [-0.39, 0.29) is 57.8 Å². The van der Waals surface area contributed by atoms with Crippen molar-refractivity contribution < 1.29 is 19.8 Å². The summed E-state index contributed by atoms with van der Waals surface area (Å²) in [5.74, 6) is -3.67. The van der Waals surface area contributed by atoms with E-state index in [9.17, 15) is 9.59 Å². The van der Waals surface area contributed by atoms with E-state index < -0.39 is 17.9 Å². The molecule has 0 radical (unpaired) electrons. The van der Waals surface area contributed by atoms with Crippen LogP contribution in [-0.4, -0.2) is 73.5 Å². The maximum atomic E-state index is 10.6. The van der Waals surface area contributed by atoms with Gasteiger partial charge in [0, 0.05) is 0 Å². The molecule has 0 spiro atoms. The van der Waals surface area contributed by atoms with Crippen molar-refractivity contribution in [3.05, 3.63) is 0 Å². The Morgan fingerprint density at radius 3 is 1.61 bits per heavy atom. The number of carbonyl (C=O) groups is 2. The predicted octanol–water partition coefficient (Wildman–Crippen LogP) is 2.65. The number of unbranched alkanes of at least 4 members (excludes halogenated alkanes) is 7. The first-order valence-electron chi connectivity index (χ1n) is 6.55. The summed E-state index contributed by atoms with van der Waals surface area (Å²) >= 11 is 0. The molecule has 0 atom stereocenters. The zero-order chi connectivity index (χ0) is 13.1. The molecule has 0 aliphatic rings. The van der Waals surface area contributed by atoms with Gasteiger partial charge in [-0.1, -0.05) is 58.3 Å². The van der Waals surface area contributed by atoms with E-state index in [1.807, 2.05) is 0 Å². The summed E-state index contributed by atoms with van der Waals surface area (Å²) in [6, 6.07) is 0. The Hall–Kier alpha value is 0.576. The molecule has 0 saturated carbocycles. The summed E-state index contributed by atoms with van der Waals surface area (Å²) in [6.07, 6.45) is 9.14. The average Bonchev–Trinajstić information content (AvgIpc) is 2.26. The van der Waals surface area contributed by atoms with Crippen molar-refractivity contribution >= 4 is 63.3 Å². The summed E-state index contributed by atoms with van der Waals surface area (Å²) in [6.45, 7) is 2.18. The first-order valence-corrected chi connectivity index (χ1v) is 6.55. The Kier molecular flexibility index (Phi) is 16.2. The van der Waals surface area contributed by atoms with Crippen molar-refractivity contribution in [1.82, 2.24) is 0 Å². The molecule has 5 heteroatoms. The van der Waals surface area contributed by atoms with Crippen LogP contribution in [0.15, 0.2) is 0 Å². The first-order chi connectivity index (χ1) is 8.09. The van der Waals surface area contributed by atoms with Gasteiger partial charge in [0.2, 0.25) is 0 Å². The van der Waals surface area contributed by atoms with Crippen molar-refractivity contribution in [3.8, 4) is 0 Å². The van der Waals surface area contributed by atoms with E-state index in [1.165, 1.54) is 32.1 Å². The van der Waals surface area contributed by atoms with Crippen LogP contribution in [0.25, 0.3) is 0 Å². The molecule has 2 N–H and O–H groups in total. The second-order valence-corrected chi connectivity index (χ2v) is 4.49. The zero-order valence-corrected chi connectivity index (χ0v) is 10.7. The topological polar surface area (TPSA) is 74.6 Å². The molecule has 0 aromatic rings. The van der Waals surface area contributed by atoms with Gasteiger partial charge in [0.15, 0.2) is 5.92 Å². The molecule has 0 amide bonds. The maximum absolute atomic E-state index is 10.6. The molecule has 0 bridgehead atoms. The van der Waals surface area contributed by atoms with Crippen LogP contribution < -0.4 is 0 Å². The third-order valence-electron chi connectivity index (χ3n) is 2.94. The molecule has 18 heavy (non-hydrogen) atoms. The van der Waals surface area contributed by atoms with Gasteiger partial charge in [0.1, 0.15) is 0 Å². The summed E-state index contributed by atoms with van der Waals surface area (Å²) in [5.41, 5.74) is 0. The average molecular weight is 284 g/mol. The fraction of sp³-hybridized carbons (Fsp3) is 0.846. The van der Waals surface area contributed by atoms with Crippen molar-refractivity contribution in [1.29, 1.82) is 0 Å². The molecule has 0 fully saturated rings. The molecule has 0 unspecified atom stereocenters. The molecule has 0 aromatic heterocycles. The normalized spacial score (nSPS) is 10.1. The number of hydrogen-bond donors (Lipinski definition) is 2. The van der Waals surface area contributed by atoms with Crippen LogP contribution >= 0.6 is 0 Å². The Morgan fingerprint density at radius 1 is 0.833 bits per heavy atom. The van der Waals surface area contributed by atoms with Gasteiger partial charge in [0.25, 0.3) is 0 Å². The van der Waals surface area contributed by atoms with Crippen molar-refractivity contribution in [3.63, 3.8) is 0 Å². The van der Waals surface area contributed by atoms with Crippen LogP contribution in [-0.2, 0) is 9.59 Å². The van der Waals surface area contributed by atoms with Gasteiger partial charge in [-0.2, -0.15) is 0 Å². The van der Waals surface area contributed by atoms with Gasteiger partial charge >= 0.3 is 63.3 Å². The summed E-state index contributed by atoms with van der Waals surface area (Å²) in [4.78, 5) is 21.2. The molecular weight excluding hydrogens is 259 g/mol. The summed E-state index contributed by atoms with van der Waals surface area (Å²) < 4.78 is 0. The fourth-order valence-corrected chi connectivity index (χ4v) is 1.83. The third kappa shape index (κ3) is 11.7. The first kappa shape index (κ1) is 20.9. The number of hydrogen-bond acceptors (Lipinski definition) is 2. The van der Waals surface area contributed by atoms with Crippen molar-refractivity contribution in [2.45, 2.75) is 64.7 Å². The van der Waals surface area contributed by atoms with E-state index in [2.05, 4.69) is 6.92 Å². The molecule has 0 aromatic carbocycles. The Labute approximate surface area is 152 Å². The molecule has 4 nitrogen and oxygen atoms in total. The standard InChI is InChI=1S/C13H24O4.K.H/c1-2-3-4-5-6-7-8-9-10-11(12(14)15)13(16)17;;/h11H,2-10H2,1H3,(H,14,15)(H,16,17);;. The SMILES string of the molecule is CCCCCCCCCCC(C(=O)O)C(=O)O.[KH]. The number of carboxylic acid groups (broad SMARTS) is 2. The Morgan fingerprint density at radius 2 is 1.22 bits per heavy atom. The molecule has 0 aliphatic carbocycles. The quantitative estimate of drug-likeness (QED) is 0.347. The van der Waals surface area contributed by atoms with E-state index in [4.69, 9.17) is 10.2 Å². The zero-order valence-electron chi connectivity index (χ0n) is 10.7. The van der Waals surface area contributed by atoms with Crippen molar-refractivity contribution in [2.75, 3.05) is 0 Å². The molecule has 0 aliphatic heterocycles. The Balaban J connectivity index is 0. The van der Waals surface area contributed by atoms with Crippen LogP contribution in [0.3, 0.4) is 0 Å². The monoisotopic (exact) mass is 284 g/mol. The van der Waals surface area contributed by atoms with Gasteiger partial charge in [-0.25, -0.2) is 0 Å². The summed E-state index contributed by atoms with van der Waals surface area (Å²) in [7, 11) is 0. The molecule has 0 rings (SSSR count). The van der Waals surface area contributed by atoms with Gasteiger partial charge in [0.05, 0.1) is 0 Å². The van der Waals surface area contributed by atoms with Gasteiger partial charge in [-0.3, -0.25) is 9.59 Å². The van der Waals surface area contributed by atoms with Gasteiger partial charge in [-0.15, -0.1) is 0 Å². The predicted molar refractivity (Wildman–Crippen MR) is 73.1 cm³/mol. The number of aliphatic carboxylic acids is 2. The minimum absolute atomic E-state index is 0. The van der Waals surface area contributed by atoms with Crippen LogP contribution in [0.4, 0.5) is 0 Å². The molecule has 102 valence electrons. The van der Waals surface area contributed by atoms with Gasteiger partial charge < -0.3 is 10.2 Å². The van der Waals surface area contributed by atoms with Gasteiger partial charge in [-0.05, 0) is 6.42 Å². The minimum atomic E-state index is -1.23. The number of carboxylic acids is 2. The number of rotatable bonds is 11. The van der Waals surface area contributed by atoms with Crippen molar-refractivity contribution in [2.24, 2.45) is 5.92 Å². The molecule has 0 heterocycles. The van der Waals surface area contributed by atoms with E-state index in [1.54, 1.807) is 0 Å². The van der Waals surface area contributed by atoms with Crippen LogP contribution in [0.2, 0.25) is 0 Å². The van der Waals surface area contributed by atoms with Crippen LogP contribution in [0.1, 0.15) is 64.7 Å². The summed E-state index contributed by atoms with van der Waals surface area (Å²) in [5, 5.41) is 17.3.